The van der Waals surface area contributed by atoms with Crippen LogP contribution >= 0.6 is 0 Å². The molecule has 0 radical (unpaired) electrons. The maximum atomic E-state index is 2.41. The van der Waals surface area contributed by atoms with Crippen LogP contribution in [0.15, 0.2) is 11.1 Å². The summed E-state index contributed by atoms with van der Waals surface area (Å²) in [6, 6.07) is 0. The number of rotatable bonds is 0. The molecule has 1 aliphatic heterocycles. The van der Waals surface area contributed by atoms with Gasteiger partial charge in [-0.2, -0.15) is 0 Å². The molecule has 0 aromatic heterocycles. The molecule has 0 saturated carbocycles. The molecular weight excluding hydrogens is 158 g/mol. The van der Waals surface area contributed by atoms with Crippen LogP contribution in [0.5, 0.6) is 0 Å². The van der Waals surface area contributed by atoms with E-state index in [0.29, 0.717) is 0 Å². The molecule has 80 valence electrons. The Hall–Kier alpha value is -0.300. The Morgan fingerprint density at radius 2 is 1.46 bits per heavy atom. The summed E-state index contributed by atoms with van der Waals surface area (Å²) in [7, 11) is 2.21. The zero-order chi connectivity index (χ0) is 8.27. The minimum atomic E-state index is 0. The van der Waals surface area contributed by atoms with Crippen molar-refractivity contribution in [1.29, 1.82) is 0 Å². The maximum absolute atomic E-state index is 2.41. The third-order valence-electron chi connectivity index (χ3n) is 2.48. The molecule has 2 aliphatic rings. The van der Waals surface area contributed by atoms with Crippen LogP contribution in [0.1, 0.15) is 48.0 Å². The van der Waals surface area contributed by atoms with Crippen molar-refractivity contribution in [3.63, 3.8) is 0 Å². The summed E-state index contributed by atoms with van der Waals surface area (Å²) in [5, 5.41) is 0. The molecule has 1 aliphatic carbocycles. The molecule has 0 aromatic rings. The maximum Gasteiger partial charge on any atom is 0.0192 e. The van der Waals surface area contributed by atoms with Gasteiger partial charge in [-0.05, 0) is 26.3 Å². The molecule has 0 unspecified atom stereocenters. The van der Waals surface area contributed by atoms with Gasteiger partial charge in [0, 0.05) is 13.1 Å². The van der Waals surface area contributed by atoms with Gasteiger partial charge in [-0.3, -0.25) is 0 Å². The fourth-order valence-corrected chi connectivity index (χ4v) is 1.70. The molecule has 1 nitrogen and oxygen atoms in total. The fraction of sp³-hybridized carbons (Fsp3) is 0.833. The van der Waals surface area contributed by atoms with Crippen molar-refractivity contribution in [3.05, 3.63) is 11.1 Å². The fourth-order valence-electron chi connectivity index (χ4n) is 1.70. The van der Waals surface area contributed by atoms with E-state index < -0.39 is 0 Å². The van der Waals surface area contributed by atoms with Gasteiger partial charge in [-0.1, -0.05) is 39.8 Å². The molecule has 13 heavy (non-hydrogen) atoms. The highest BCUT2D eigenvalue weighted by atomic mass is 15.1. The van der Waals surface area contributed by atoms with Gasteiger partial charge in [0.25, 0.3) is 0 Å². The summed E-state index contributed by atoms with van der Waals surface area (Å²) in [6.45, 7) is 6.55. The first-order valence-corrected chi connectivity index (χ1v) is 4.74. The second-order valence-electron chi connectivity index (χ2n) is 3.19. The van der Waals surface area contributed by atoms with Crippen molar-refractivity contribution >= 4 is 0 Å². The highest BCUT2D eigenvalue weighted by Gasteiger charge is 2.21. The molecule has 0 atom stereocenters. The van der Waals surface area contributed by atoms with Crippen molar-refractivity contribution in [3.8, 4) is 0 Å². The molecule has 0 N–H and O–H groups in total. The molecular formula is C12H27N. The monoisotopic (exact) mass is 185 g/mol. The van der Waals surface area contributed by atoms with Gasteiger partial charge in [0.2, 0.25) is 0 Å². The summed E-state index contributed by atoms with van der Waals surface area (Å²) < 4.78 is 0. The van der Waals surface area contributed by atoms with Gasteiger partial charge >= 0.3 is 0 Å². The van der Waals surface area contributed by atoms with E-state index in [2.05, 4.69) is 11.9 Å². The average molecular weight is 185 g/mol. The first-order valence-electron chi connectivity index (χ1n) is 4.74. The van der Waals surface area contributed by atoms with E-state index in [1.54, 1.807) is 11.1 Å². The lowest BCUT2D eigenvalue weighted by atomic mass is 9.84. The predicted molar refractivity (Wildman–Crippen MR) is 63.2 cm³/mol. The van der Waals surface area contributed by atoms with Crippen molar-refractivity contribution < 1.29 is 0 Å². The zero-order valence-electron chi connectivity index (χ0n) is 7.98. The van der Waals surface area contributed by atoms with Crippen LogP contribution in [0.25, 0.3) is 0 Å². The third kappa shape index (κ3) is 3.51. The molecule has 0 fully saturated rings. The van der Waals surface area contributed by atoms with Crippen LogP contribution in [0.2, 0.25) is 0 Å². The van der Waals surface area contributed by atoms with E-state index in [-0.39, 0.29) is 14.9 Å². The molecule has 0 bridgehead atoms. The van der Waals surface area contributed by atoms with E-state index in [0.717, 1.165) is 0 Å². The normalized spacial score (nSPS) is 19.6. The van der Waals surface area contributed by atoms with E-state index >= 15 is 0 Å². The summed E-state index contributed by atoms with van der Waals surface area (Å²) in [6.07, 6.45) is 4.15. The van der Waals surface area contributed by atoms with E-state index in [4.69, 9.17) is 0 Å². The van der Waals surface area contributed by atoms with Crippen molar-refractivity contribution in [2.75, 3.05) is 20.1 Å². The van der Waals surface area contributed by atoms with E-state index in [1.165, 1.54) is 32.4 Å². The second-order valence-corrected chi connectivity index (χ2v) is 3.19. The highest BCUT2D eigenvalue weighted by molar-refractivity contribution is 5.27. The number of likely N-dealkylation sites (tertiary alicyclic amines) is 1. The molecule has 1 heteroatoms. The first kappa shape index (κ1) is 15.2. The molecule has 1 heterocycles. The molecule has 0 aromatic carbocycles. The summed E-state index contributed by atoms with van der Waals surface area (Å²) >= 11 is 0. The standard InChI is InChI=1S/C8H13N.C2H6.2CH4/c1-9-5-4-7-2-3-8(7)6-9;1-2;;/h2-6H2,1H3;1-2H3;2*1H4. The third-order valence-corrected chi connectivity index (χ3v) is 2.48. The van der Waals surface area contributed by atoms with Crippen LogP contribution in [0.3, 0.4) is 0 Å². The van der Waals surface area contributed by atoms with Gasteiger partial charge in [0.05, 0.1) is 0 Å². The quantitative estimate of drug-likeness (QED) is 0.520. The Morgan fingerprint density at radius 3 is 1.77 bits per heavy atom. The van der Waals surface area contributed by atoms with Gasteiger partial charge in [0.1, 0.15) is 0 Å². The molecule has 2 rings (SSSR count). The second kappa shape index (κ2) is 7.14. The number of hydrogen-bond donors (Lipinski definition) is 0. The van der Waals surface area contributed by atoms with Crippen molar-refractivity contribution in [1.82, 2.24) is 4.90 Å². The smallest absolute Gasteiger partial charge is 0.0192 e. The largest absolute Gasteiger partial charge is 0.302 e. The van der Waals surface area contributed by atoms with E-state index in [9.17, 15) is 0 Å². The van der Waals surface area contributed by atoms with E-state index in [1.807, 2.05) is 13.8 Å². The summed E-state index contributed by atoms with van der Waals surface area (Å²) in [4.78, 5) is 2.41. The van der Waals surface area contributed by atoms with Crippen LogP contribution in [0, 0.1) is 0 Å². The van der Waals surface area contributed by atoms with Crippen LogP contribution < -0.4 is 0 Å². The molecule has 0 saturated heterocycles. The lowest BCUT2D eigenvalue weighted by molar-refractivity contribution is 0.325. The van der Waals surface area contributed by atoms with Gasteiger partial charge < -0.3 is 4.90 Å². The lowest BCUT2D eigenvalue weighted by Gasteiger charge is -2.33. The topological polar surface area (TPSA) is 3.24 Å². The Kier molecular flexibility index (Phi) is 8.34. The summed E-state index contributed by atoms with van der Waals surface area (Å²) in [5.41, 5.74) is 3.51. The van der Waals surface area contributed by atoms with Gasteiger partial charge in [-0.15, -0.1) is 0 Å². The van der Waals surface area contributed by atoms with Crippen molar-refractivity contribution in [2.45, 2.75) is 48.0 Å². The van der Waals surface area contributed by atoms with Crippen LogP contribution in [-0.2, 0) is 0 Å². The summed E-state index contributed by atoms with van der Waals surface area (Å²) in [5.74, 6) is 0. The number of hydrogen-bond acceptors (Lipinski definition) is 1. The minimum absolute atomic E-state index is 0. The molecule has 0 spiro atoms. The Labute approximate surface area is 84.8 Å². The predicted octanol–water partition coefficient (Wildman–Crippen LogP) is 3.71. The average Bonchev–Trinajstić information content (AvgIpc) is 2.01. The molecule has 0 amide bonds. The SMILES string of the molecule is C.C.CC.CN1CCC2=C(CC2)C1. The Bertz CT molecular complexity index is 159. The Balaban J connectivity index is 0. The number of likely N-dealkylation sites (N-methyl/N-ethyl adjacent to an activating group) is 1. The first-order chi connectivity index (χ1) is 5.36. The lowest BCUT2D eigenvalue weighted by Crippen LogP contribution is -2.31. The van der Waals surface area contributed by atoms with Crippen LogP contribution in [0.4, 0.5) is 0 Å². The number of nitrogens with zero attached hydrogens (tertiary/aromatic N) is 1. The minimum Gasteiger partial charge on any atom is -0.302 e. The highest BCUT2D eigenvalue weighted by Crippen LogP contribution is 2.33. The van der Waals surface area contributed by atoms with Crippen LogP contribution in [-0.4, -0.2) is 25.0 Å². The van der Waals surface area contributed by atoms with Gasteiger partial charge in [-0.25, -0.2) is 0 Å². The van der Waals surface area contributed by atoms with Gasteiger partial charge in [0.15, 0.2) is 0 Å². The van der Waals surface area contributed by atoms with Crippen molar-refractivity contribution in [2.24, 2.45) is 0 Å². The zero-order valence-corrected chi connectivity index (χ0v) is 7.98. The Morgan fingerprint density at radius 1 is 0.923 bits per heavy atom.